The van der Waals surface area contributed by atoms with Crippen molar-refractivity contribution in [3.63, 3.8) is 0 Å². The van der Waals surface area contributed by atoms with Crippen molar-refractivity contribution in [1.82, 2.24) is 95.6 Å². The predicted molar refractivity (Wildman–Crippen MR) is 458 cm³/mol. The van der Waals surface area contributed by atoms with Crippen LogP contribution in [-0.4, -0.2) is 214 Å². The number of hydrogen-bond acceptors (Lipinski definition) is 26. The number of benzene rings is 1. The molecule has 118 heavy (non-hydrogen) atoms. The Balaban J connectivity index is 0.000000109. The van der Waals surface area contributed by atoms with E-state index in [0.29, 0.717) is 64.6 Å². The molecule has 4 N–H and O–H groups in total. The van der Waals surface area contributed by atoms with Gasteiger partial charge in [0.05, 0.1) is 94.4 Å². The summed E-state index contributed by atoms with van der Waals surface area (Å²) in [5, 5.41) is 33.7. The molecule has 4 aliphatic rings. The van der Waals surface area contributed by atoms with Crippen LogP contribution in [0.15, 0.2) is 208 Å². The number of hydrogen-bond donors (Lipinski definition) is 4. The Bertz CT molecular complexity index is 6270. The second-order valence-electron chi connectivity index (χ2n) is 28.0. The first-order chi connectivity index (χ1) is 58.3. The molecule has 0 spiro atoms. The van der Waals surface area contributed by atoms with E-state index in [2.05, 4.69) is 169 Å². The number of aryl methyl sites for hydroxylation is 1. The molecule has 0 aliphatic carbocycles. The van der Waals surface area contributed by atoms with Crippen molar-refractivity contribution in [2.45, 2.75) is 20.8 Å². The number of aromatic amines is 4. The zero-order valence-electron chi connectivity index (χ0n) is 65.2. The Morgan fingerprint density at radius 1 is 0.356 bits per heavy atom. The third-order valence-electron chi connectivity index (χ3n) is 20.8. The van der Waals surface area contributed by atoms with Crippen LogP contribution in [0.1, 0.15) is 18.7 Å². The fourth-order valence-electron chi connectivity index (χ4n) is 15.1. The minimum absolute atomic E-state index is 0.546. The summed E-state index contributed by atoms with van der Waals surface area (Å²) in [5.74, 6) is 4.93. The van der Waals surface area contributed by atoms with E-state index in [1.807, 2.05) is 111 Å². The third kappa shape index (κ3) is 16.3. The summed E-state index contributed by atoms with van der Waals surface area (Å²) in [6.07, 6.45) is 19.6. The predicted octanol–water partition coefficient (Wildman–Crippen LogP) is 14.6. The maximum Gasteiger partial charge on any atom is 0.221 e. The van der Waals surface area contributed by atoms with Crippen LogP contribution >= 0.6 is 11.3 Å². The number of rotatable bonds is 16. The van der Waals surface area contributed by atoms with Gasteiger partial charge in [0.15, 0.2) is 0 Å². The van der Waals surface area contributed by atoms with Gasteiger partial charge in [0.2, 0.25) is 11.8 Å². The lowest BCUT2D eigenvalue weighted by atomic mass is 9.98. The summed E-state index contributed by atoms with van der Waals surface area (Å²) in [7, 11) is 0. The van der Waals surface area contributed by atoms with Crippen molar-refractivity contribution in [2.75, 3.05) is 138 Å². The highest BCUT2D eigenvalue weighted by atomic mass is 32.1. The van der Waals surface area contributed by atoms with Crippen LogP contribution in [0.2, 0.25) is 0 Å². The lowest BCUT2D eigenvalue weighted by molar-refractivity contribution is 0.122. The summed E-state index contributed by atoms with van der Waals surface area (Å²) >= 11 is 1.80. The van der Waals surface area contributed by atoms with E-state index >= 15 is 0 Å². The van der Waals surface area contributed by atoms with Crippen LogP contribution in [0.25, 0.3) is 144 Å². The van der Waals surface area contributed by atoms with Gasteiger partial charge in [-0.05, 0) is 159 Å². The highest BCUT2D eigenvalue weighted by Gasteiger charge is 2.26. The van der Waals surface area contributed by atoms with E-state index in [0.717, 1.165) is 222 Å². The first-order valence-electron chi connectivity index (χ1n) is 39.4. The van der Waals surface area contributed by atoms with Crippen molar-refractivity contribution in [1.29, 1.82) is 0 Å². The maximum atomic E-state index is 5.83. The molecule has 30 heteroatoms. The molecule has 17 aromatic rings. The van der Waals surface area contributed by atoms with Crippen molar-refractivity contribution >= 4 is 89.1 Å². The Morgan fingerprint density at radius 2 is 0.763 bits per heavy atom. The molecule has 0 radical (unpaired) electrons. The van der Waals surface area contributed by atoms with Gasteiger partial charge in [0.25, 0.3) is 0 Å². The Hall–Kier alpha value is -13.7. The maximum absolute atomic E-state index is 5.83. The number of H-pyrrole nitrogens is 4. The molecule has 0 bridgehead atoms. The number of thiophene rings is 1. The fraction of sp³-hybridized carbons (Fsp3) is 0.239. The second-order valence-corrected chi connectivity index (χ2v) is 29.3. The third-order valence-corrected chi connectivity index (χ3v) is 21.9. The number of fused-ring (bicyclic) bond motifs is 5. The number of pyridine rings is 11. The van der Waals surface area contributed by atoms with Gasteiger partial charge in [0.1, 0.15) is 68.1 Å². The smallest absolute Gasteiger partial charge is 0.221 e. The highest BCUT2D eigenvalue weighted by Crippen LogP contribution is 2.43. The van der Waals surface area contributed by atoms with Gasteiger partial charge in [-0.15, -0.1) is 11.3 Å². The van der Waals surface area contributed by atoms with Gasteiger partial charge in [-0.1, -0.05) is 12.1 Å². The lowest BCUT2D eigenvalue weighted by Gasteiger charge is -2.28. The van der Waals surface area contributed by atoms with E-state index in [1.165, 1.54) is 15.3 Å². The van der Waals surface area contributed by atoms with Crippen molar-refractivity contribution in [2.24, 2.45) is 0 Å². The summed E-state index contributed by atoms with van der Waals surface area (Å²) in [5.41, 5.74) is 18.4. The monoisotopic (exact) mass is 1590 g/mol. The van der Waals surface area contributed by atoms with Gasteiger partial charge in [0, 0.05) is 186 Å². The fourth-order valence-corrected chi connectivity index (χ4v) is 16.0. The average molecular weight is 1590 g/mol. The zero-order chi connectivity index (χ0) is 79.5. The largest absolute Gasteiger partial charge is 0.478 e. The zero-order valence-corrected chi connectivity index (χ0v) is 66.0. The van der Waals surface area contributed by atoms with Crippen molar-refractivity contribution in [3.8, 4) is 101 Å². The Morgan fingerprint density at radius 3 is 1.18 bits per heavy atom. The molecule has 592 valence electrons. The van der Waals surface area contributed by atoms with Gasteiger partial charge >= 0.3 is 0 Å². The minimum Gasteiger partial charge on any atom is -0.478 e. The van der Waals surface area contributed by atoms with E-state index in [9.17, 15) is 0 Å². The van der Waals surface area contributed by atoms with E-state index in [-0.39, 0.29) is 0 Å². The normalized spacial score (nSPS) is 14.4. The van der Waals surface area contributed by atoms with Gasteiger partial charge < -0.3 is 48.0 Å². The van der Waals surface area contributed by atoms with E-state index < -0.39 is 0 Å². The van der Waals surface area contributed by atoms with Crippen LogP contribution in [0.4, 0.5) is 23.3 Å². The molecular weight excluding hydrogens is 1510 g/mol. The van der Waals surface area contributed by atoms with Crippen LogP contribution in [0.3, 0.4) is 0 Å². The lowest BCUT2D eigenvalue weighted by Crippen LogP contribution is -2.36. The van der Waals surface area contributed by atoms with Crippen LogP contribution in [-0.2, 0) is 18.9 Å². The molecule has 0 unspecified atom stereocenters. The number of nitrogens with one attached hydrogen (secondary N) is 4. The standard InChI is InChI=1S/C24H20N6O.2C22H22N6O2.C20H19N5OS/c1-2-17-14-16(3-4-20(17)25-7-1)19-15-22(30-10-12-31-13-11-30)28-23-18(19)5-8-26-24(23)21-6-9-27-29-21;1-2-30-20-4-3-15(14-24-20)17-13-19(28-9-11-29-12-10-28)26-21-16(17)5-7-23-22(21)18-6-8-25-27-18;1-2-30-22-16(4-3-7-24-22)17-14-19(28-10-12-29-13-11-28)26-20-15(17)5-8-23-21(20)18-6-9-25-27-18;1-13-2-3-17(27-13)15-12-18(25-8-10-26-11-9-25)23-19-14(15)4-6-21-20(19)16-5-7-22-24-16/h1-9,14-15H,10-13H2,(H,27,29);3-8,13-14H,2,9-12H2,1H3,(H,25,27);3-9,14H,2,10-13H2,1H3,(H,25,27);2-7,12H,8-11H2,1H3,(H,22,24). The van der Waals surface area contributed by atoms with Crippen LogP contribution in [0, 0.1) is 6.92 Å². The number of ether oxygens (including phenoxy) is 6. The minimum atomic E-state index is 0.546. The molecule has 20 heterocycles. The average Bonchev–Trinajstić information content (AvgIpc) is 1.40. The molecule has 1 aromatic carbocycles. The first kappa shape index (κ1) is 75.7. The summed E-state index contributed by atoms with van der Waals surface area (Å²) in [6.45, 7) is 19.3. The quantitative estimate of drug-likeness (QED) is 0.0698. The molecule has 16 aromatic heterocycles. The molecule has 0 saturated carbocycles. The van der Waals surface area contributed by atoms with E-state index in [1.54, 1.807) is 54.7 Å². The SMILES string of the molecule is CCOc1ccc(-c2cc(N3CCOCC3)nc3c(-c4ccn[nH]4)nccc23)cn1.CCOc1ncccc1-c1cc(N2CCOCC2)nc2c(-c3ccn[nH]3)nccc12.Cc1ccc(-c2cc(N3CCOCC3)nc3c(-c4ccn[nH]4)nccc23)s1.c1cnc2ccc(-c3cc(N4CCOCC4)nc4c(-c5ccn[nH]5)nccc34)cc2c1. The van der Waals surface area contributed by atoms with Gasteiger partial charge in [-0.2, -0.15) is 20.4 Å². The second kappa shape index (κ2) is 35.2. The molecule has 0 atom stereocenters. The van der Waals surface area contributed by atoms with Gasteiger partial charge in [-0.25, -0.2) is 29.9 Å². The van der Waals surface area contributed by atoms with Gasteiger partial charge in [-0.3, -0.25) is 45.3 Å². The van der Waals surface area contributed by atoms with Crippen LogP contribution in [0.5, 0.6) is 11.8 Å². The molecule has 21 rings (SSSR count). The number of nitrogens with zero attached hydrogens (tertiary/aromatic N) is 19. The molecular formula is C88H83N23O6S. The van der Waals surface area contributed by atoms with Crippen molar-refractivity contribution in [3.05, 3.63) is 213 Å². The number of aromatic nitrogens is 19. The summed E-state index contributed by atoms with van der Waals surface area (Å²) < 4.78 is 33.5. The summed E-state index contributed by atoms with van der Waals surface area (Å²) in [4.78, 5) is 63.5. The number of anilines is 4. The topological polar surface area (TPSA) is 325 Å². The number of morpholine rings is 4. The molecule has 29 nitrogen and oxygen atoms in total. The molecule has 4 fully saturated rings. The highest BCUT2D eigenvalue weighted by molar-refractivity contribution is 7.15. The Labute approximate surface area is 681 Å². The van der Waals surface area contributed by atoms with E-state index in [4.69, 9.17) is 48.4 Å². The molecule has 0 amide bonds. The molecule has 4 aliphatic heterocycles. The van der Waals surface area contributed by atoms with Crippen LogP contribution < -0.4 is 29.1 Å². The molecule has 4 saturated heterocycles. The Kier molecular flexibility index (Phi) is 22.6. The first-order valence-corrected chi connectivity index (χ1v) is 40.2. The summed E-state index contributed by atoms with van der Waals surface area (Å²) in [6, 6.07) is 47.1. The van der Waals surface area contributed by atoms with Crippen molar-refractivity contribution < 1.29 is 28.4 Å².